The molecule has 7 nitrogen and oxygen atoms in total. The summed E-state index contributed by atoms with van der Waals surface area (Å²) in [5.74, 6) is 4.65. The fourth-order valence-corrected chi connectivity index (χ4v) is 3.04. The Morgan fingerprint density at radius 3 is 3.22 bits per heavy atom. The third-order valence-corrected chi connectivity index (χ3v) is 4.48. The van der Waals surface area contributed by atoms with Crippen molar-refractivity contribution in [3.63, 3.8) is 0 Å². The van der Waals surface area contributed by atoms with E-state index in [4.69, 9.17) is 4.74 Å². The molecule has 2 rings (SSSR count). The summed E-state index contributed by atoms with van der Waals surface area (Å²) in [5.41, 5.74) is 0. The summed E-state index contributed by atoms with van der Waals surface area (Å²) in [6.07, 6.45) is 3.87. The molecule has 23 heavy (non-hydrogen) atoms. The maximum absolute atomic E-state index is 5.10. The van der Waals surface area contributed by atoms with Crippen LogP contribution in [0.3, 0.4) is 0 Å². The van der Waals surface area contributed by atoms with Crippen molar-refractivity contribution in [3.8, 4) is 0 Å². The summed E-state index contributed by atoms with van der Waals surface area (Å²) >= 11 is 1.85. The second kappa shape index (κ2) is 9.57. The Morgan fingerprint density at radius 1 is 1.61 bits per heavy atom. The lowest BCUT2D eigenvalue weighted by Crippen LogP contribution is -2.47. The molecule has 1 aromatic heterocycles. The lowest BCUT2D eigenvalue weighted by molar-refractivity contribution is 0.177. The molecule has 2 N–H and O–H groups in total. The second-order valence-corrected chi connectivity index (χ2v) is 6.45. The topological polar surface area (TPSA) is 76.4 Å². The smallest absolute Gasteiger partial charge is 0.191 e. The van der Waals surface area contributed by atoms with Gasteiger partial charge < -0.3 is 15.4 Å². The van der Waals surface area contributed by atoms with Gasteiger partial charge in [-0.2, -0.15) is 16.9 Å². The Bertz CT molecular complexity index is 530. The van der Waals surface area contributed by atoms with E-state index in [-0.39, 0.29) is 0 Å². The first-order valence-corrected chi connectivity index (χ1v) is 8.99. The van der Waals surface area contributed by atoms with Gasteiger partial charge >= 0.3 is 0 Å². The standard InChI is InChI=1S/C15H26N6OS/c1-4-8-23-9-7-17-15(16-2)18-12-5-6-14-19-13(11-22-3)20-21(14)10-12/h4,12H,1,5-11H2,2-3H3,(H2,16,17,18). The average molecular weight is 338 g/mol. The van der Waals surface area contributed by atoms with Crippen LogP contribution in [0.4, 0.5) is 0 Å². The van der Waals surface area contributed by atoms with Gasteiger partial charge in [0, 0.05) is 44.7 Å². The Morgan fingerprint density at radius 2 is 2.48 bits per heavy atom. The lowest BCUT2D eigenvalue weighted by Gasteiger charge is -2.25. The fraction of sp³-hybridized carbons (Fsp3) is 0.667. The van der Waals surface area contributed by atoms with E-state index in [2.05, 4.69) is 32.3 Å². The summed E-state index contributed by atoms with van der Waals surface area (Å²) in [6, 6.07) is 0.312. The van der Waals surface area contributed by atoms with Crippen LogP contribution in [0.25, 0.3) is 0 Å². The molecule has 0 fully saturated rings. The van der Waals surface area contributed by atoms with E-state index in [1.165, 1.54) is 0 Å². The van der Waals surface area contributed by atoms with Crippen molar-refractivity contribution in [2.75, 3.05) is 32.2 Å². The van der Waals surface area contributed by atoms with Crippen LogP contribution >= 0.6 is 11.8 Å². The molecule has 1 unspecified atom stereocenters. The van der Waals surface area contributed by atoms with Crippen LogP contribution < -0.4 is 10.6 Å². The molecule has 0 aromatic carbocycles. The van der Waals surface area contributed by atoms with Crippen LogP contribution in [0.5, 0.6) is 0 Å². The molecule has 0 radical (unpaired) electrons. The molecule has 1 atom stereocenters. The van der Waals surface area contributed by atoms with Gasteiger partial charge in [0.05, 0.1) is 6.54 Å². The van der Waals surface area contributed by atoms with Crippen LogP contribution in [-0.4, -0.2) is 59.0 Å². The molecule has 0 aliphatic carbocycles. The van der Waals surface area contributed by atoms with Crippen LogP contribution in [0.15, 0.2) is 17.6 Å². The first-order chi connectivity index (χ1) is 11.3. The van der Waals surface area contributed by atoms with Gasteiger partial charge in [-0.15, -0.1) is 6.58 Å². The van der Waals surface area contributed by atoms with Crippen LogP contribution in [0.1, 0.15) is 18.1 Å². The maximum Gasteiger partial charge on any atom is 0.191 e. The first kappa shape index (κ1) is 17.8. The Hall–Kier alpha value is -1.54. The van der Waals surface area contributed by atoms with Gasteiger partial charge in [-0.3, -0.25) is 4.99 Å². The quantitative estimate of drug-likeness (QED) is 0.316. The fourth-order valence-electron chi connectivity index (χ4n) is 2.46. The number of thioether (sulfide) groups is 1. The minimum Gasteiger partial charge on any atom is -0.377 e. The number of methoxy groups -OCH3 is 1. The Kier molecular flexibility index (Phi) is 7.41. The van der Waals surface area contributed by atoms with Gasteiger partial charge in [0.1, 0.15) is 12.4 Å². The zero-order valence-electron chi connectivity index (χ0n) is 13.9. The number of hydrogen-bond donors (Lipinski definition) is 2. The summed E-state index contributed by atoms with van der Waals surface area (Å²) in [5, 5.41) is 11.3. The van der Waals surface area contributed by atoms with Crippen LogP contribution in [-0.2, 0) is 24.3 Å². The minimum atomic E-state index is 0.312. The molecule has 1 aliphatic heterocycles. The Balaban J connectivity index is 1.79. The predicted octanol–water partition coefficient (Wildman–Crippen LogP) is 0.824. The van der Waals surface area contributed by atoms with E-state index in [9.17, 15) is 0 Å². The number of nitrogens with one attached hydrogen (secondary N) is 2. The SMILES string of the molecule is C=CCSCCNC(=NC)NC1CCc2nc(COC)nn2C1. The number of aromatic nitrogens is 3. The third kappa shape index (κ3) is 5.54. The molecule has 0 bridgehead atoms. The van der Waals surface area contributed by atoms with Gasteiger partial charge in [-0.25, -0.2) is 9.67 Å². The van der Waals surface area contributed by atoms with Crippen molar-refractivity contribution >= 4 is 17.7 Å². The van der Waals surface area contributed by atoms with E-state index in [0.29, 0.717) is 12.6 Å². The van der Waals surface area contributed by atoms with E-state index < -0.39 is 0 Å². The van der Waals surface area contributed by atoms with Gasteiger partial charge in [0.15, 0.2) is 11.8 Å². The molecular weight excluding hydrogens is 312 g/mol. The molecule has 128 valence electrons. The highest BCUT2D eigenvalue weighted by molar-refractivity contribution is 7.99. The van der Waals surface area contributed by atoms with E-state index in [0.717, 1.165) is 55.0 Å². The van der Waals surface area contributed by atoms with Crippen molar-refractivity contribution < 1.29 is 4.74 Å². The third-order valence-electron chi connectivity index (χ3n) is 3.51. The number of ether oxygens (including phenoxy) is 1. The number of rotatable bonds is 8. The van der Waals surface area contributed by atoms with Crippen LogP contribution in [0.2, 0.25) is 0 Å². The molecule has 0 saturated heterocycles. The van der Waals surface area contributed by atoms with Crippen molar-refractivity contribution in [2.45, 2.75) is 32.0 Å². The zero-order valence-corrected chi connectivity index (χ0v) is 14.7. The van der Waals surface area contributed by atoms with Gasteiger partial charge in [0.2, 0.25) is 0 Å². The van der Waals surface area contributed by atoms with Gasteiger partial charge in [-0.05, 0) is 6.42 Å². The highest BCUT2D eigenvalue weighted by Gasteiger charge is 2.22. The summed E-state index contributed by atoms with van der Waals surface area (Å²) in [7, 11) is 3.46. The largest absolute Gasteiger partial charge is 0.377 e. The van der Waals surface area contributed by atoms with Crippen molar-refractivity contribution in [1.29, 1.82) is 0 Å². The normalized spacial score (nSPS) is 17.7. The highest BCUT2D eigenvalue weighted by atomic mass is 32.2. The molecule has 0 spiro atoms. The van der Waals surface area contributed by atoms with Crippen LogP contribution in [0, 0.1) is 0 Å². The molecule has 1 aliphatic rings. The molecule has 2 heterocycles. The molecule has 0 amide bonds. The highest BCUT2D eigenvalue weighted by Crippen LogP contribution is 2.13. The van der Waals surface area contributed by atoms with Crippen molar-refractivity contribution in [3.05, 3.63) is 24.3 Å². The maximum atomic E-state index is 5.10. The molecular formula is C15H26N6OS. The Labute approximate surface area is 142 Å². The van der Waals surface area contributed by atoms with E-state index >= 15 is 0 Å². The lowest BCUT2D eigenvalue weighted by atomic mass is 10.1. The minimum absolute atomic E-state index is 0.312. The number of fused-ring (bicyclic) bond motifs is 1. The number of aryl methyl sites for hydroxylation is 1. The first-order valence-electron chi connectivity index (χ1n) is 7.84. The number of guanidine groups is 1. The number of aliphatic imine (C=N–C) groups is 1. The monoisotopic (exact) mass is 338 g/mol. The van der Waals surface area contributed by atoms with E-state index in [1.54, 1.807) is 14.2 Å². The summed E-state index contributed by atoms with van der Waals surface area (Å²) in [4.78, 5) is 8.79. The summed E-state index contributed by atoms with van der Waals surface area (Å²) < 4.78 is 7.07. The molecule has 8 heteroatoms. The predicted molar refractivity (Wildman–Crippen MR) is 94.9 cm³/mol. The van der Waals surface area contributed by atoms with Gasteiger partial charge in [0.25, 0.3) is 0 Å². The zero-order chi connectivity index (χ0) is 16.5. The average Bonchev–Trinajstić information content (AvgIpc) is 2.95. The number of nitrogens with zero attached hydrogens (tertiary/aromatic N) is 4. The van der Waals surface area contributed by atoms with E-state index in [1.807, 2.05) is 22.5 Å². The van der Waals surface area contributed by atoms with Crippen molar-refractivity contribution in [2.24, 2.45) is 4.99 Å². The molecule has 0 saturated carbocycles. The number of hydrogen-bond acceptors (Lipinski definition) is 5. The molecule has 1 aromatic rings. The van der Waals surface area contributed by atoms with Gasteiger partial charge in [-0.1, -0.05) is 6.08 Å². The van der Waals surface area contributed by atoms with Crippen molar-refractivity contribution in [1.82, 2.24) is 25.4 Å². The second-order valence-electron chi connectivity index (χ2n) is 5.30. The summed E-state index contributed by atoms with van der Waals surface area (Å²) in [6.45, 7) is 5.87.